The molecule has 1 amide bonds. The molecule has 1 spiro atoms. The molecule has 5 nitrogen and oxygen atoms in total. The van der Waals surface area contributed by atoms with Crippen molar-refractivity contribution in [2.45, 2.75) is 46.2 Å². The van der Waals surface area contributed by atoms with Crippen molar-refractivity contribution in [2.24, 2.45) is 11.3 Å². The predicted octanol–water partition coefficient (Wildman–Crippen LogP) is 2.55. The van der Waals surface area contributed by atoms with E-state index in [-0.39, 0.29) is 17.2 Å². The van der Waals surface area contributed by atoms with E-state index in [4.69, 9.17) is 0 Å². The molecule has 2 aromatic rings. The van der Waals surface area contributed by atoms with E-state index >= 15 is 0 Å². The maximum absolute atomic E-state index is 12.6. The summed E-state index contributed by atoms with van der Waals surface area (Å²) in [5, 5.41) is 11.3. The lowest BCUT2D eigenvalue weighted by molar-refractivity contribution is -0.123. The topological polar surface area (TPSA) is 59.0 Å². The van der Waals surface area contributed by atoms with Crippen LogP contribution < -0.4 is 10.6 Å². The Morgan fingerprint density at radius 2 is 2.00 bits per heavy atom. The molecule has 2 fully saturated rings. The Bertz CT molecular complexity index is 790. The van der Waals surface area contributed by atoms with Crippen LogP contribution in [-0.2, 0) is 17.9 Å². The molecule has 1 aromatic heterocycles. The largest absolute Gasteiger partial charge is 0.352 e. The van der Waals surface area contributed by atoms with Crippen LogP contribution in [0.1, 0.15) is 41.8 Å². The fraction of sp³-hybridized carbons (Fsp3) is 0.524. The number of amides is 1. The first-order chi connectivity index (χ1) is 12.6. The SMILES string of the molecule is Cc1nn(Cc2ccccc2)c(C)c1CNC(=O)C1CC12CCNCC2. The van der Waals surface area contributed by atoms with Crippen molar-refractivity contribution in [3.8, 4) is 0 Å². The summed E-state index contributed by atoms with van der Waals surface area (Å²) >= 11 is 0. The van der Waals surface area contributed by atoms with Gasteiger partial charge in [-0.2, -0.15) is 5.10 Å². The number of benzene rings is 1. The summed E-state index contributed by atoms with van der Waals surface area (Å²) in [7, 11) is 0. The monoisotopic (exact) mass is 352 g/mol. The average molecular weight is 352 g/mol. The third kappa shape index (κ3) is 3.28. The summed E-state index contributed by atoms with van der Waals surface area (Å²) in [4.78, 5) is 12.6. The molecule has 1 atom stereocenters. The second kappa shape index (κ2) is 6.88. The molecular formula is C21H28N4O. The number of piperidine rings is 1. The Labute approximate surface area is 155 Å². The summed E-state index contributed by atoms with van der Waals surface area (Å²) in [5.74, 6) is 0.436. The maximum atomic E-state index is 12.6. The van der Waals surface area contributed by atoms with Gasteiger partial charge in [-0.25, -0.2) is 0 Å². The zero-order valence-corrected chi connectivity index (χ0v) is 15.7. The summed E-state index contributed by atoms with van der Waals surface area (Å²) in [6.45, 7) is 7.57. The first-order valence-corrected chi connectivity index (χ1v) is 9.64. The summed E-state index contributed by atoms with van der Waals surface area (Å²) < 4.78 is 2.04. The van der Waals surface area contributed by atoms with E-state index in [1.54, 1.807) is 0 Å². The van der Waals surface area contributed by atoms with Crippen molar-refractivity contribution in [3.63, 3.8) is 0 Å². The normalized spacial score (nSPS) is 20.9. The number of rotatable bonds is 5. The van der Waals surface area contributed by atoms with Gasteiger partial charge in [0.2, 0.25) is 5.91 Å². The van der Waals surface area contributed by atoms with Crippen LogP contribution in [0.2, 0.25) is 0 Å². The van der Waals surface area contributed by atoms with Gasteiger partial charge in [0, 0.05) is 23.7 Å². The van der Waals surface area contributed by atoms with Crippen LogP contribution in [0.25, 0.3) is 0 Å². The molecule has 1 saturated heterocycles. The second-order valence-electron chi connectivity index (χ2n) is 7.88. The lowest BCUT2D eigenvalue weighted by Gasteiger charge is -2.23. The third-order valence-electron chi connectivity index (χ3n) is 6.25. The highest BCUT2D eigenvalue weighted by Gasteiger charge is 2.57. The smallest absolute Gasteiger partial charge is 0.223 e. The number of nitrogens with one attached hydrogen (secondary N) is 2. The van der Waals surface area contributed by atoms with Crippen molar-refractivity contribution in [1.29, 1.82) is 0 Å². The quantitative estimate of drug-likeness (QED) is 0.869. The molecule has 1 aliphatic heterocycles. The molecule has 4 rings (SSSR count). The minimum absolute atomic E-state index is 0.213. The van der Waals surface area contributed by atoms with Crippen molar-refractivity contribution in [2.75, 3.05) is 13.1 Å². The molecule has 0 radical (unpaired) electrons. The highest BCUT2D eigenvalue weighted by Crippen LogP contribution is 2.58. The number of hydrogen-bond acceptors (Lipinski definition) is 3. The Balaban J connectivity index is 1.38. The van der Waals surface area contributed by atoms with Crippen molar-refractivity contribution < 1.29 is 4.79 Å². The summed E-state index contributed by atoms with van der Waals surface area (Å²) in [5.41, 5.74) is 4.82. The molecule has 1 aliphatic carbocycles. The minimum atomic E-state index is 0.213. The van der Waals surface area contributed by atoms with E-state index in [0.717, 1.165) is 55.8 Å². The molecule has 2 heterocycles. The van der Waals surface area contributed by atoms with Crippen LogP contribution >= 0.6 is 0 Å². The van der Waals surface area contributed by atoms with Gasteiger partial charge < -0.3 is 10.6 Å². The fourth-order valence-electron chi connectivity index (χ4n) is 4.39. The molecule has 1 saturated carbocycles. The molecular weight excluding hydrogens is 324 g/mol. The molecule has 0 bridgehead atoms. The Morgan fingerprint density at radius 1 is 1.27 bits per heavy atom. The molecule has 2 N–H and O–H groups in total. The number of nitrogens with zero attached hydrogens (tertiary/aromatic N) is 2. The van der Waals surface area contributed by atoms with Gasteiger partial charge >= 0.3 is 0 Å². The lowest BCUT2D eigenvalue weighted by Crippen LogP contribution is -2.33. The molecule has 5 heteroatoms. The second-order valence-corrected chi connectivity index (χ2v) is 7.88. The number of carbonyl (C=O) groups is 1. The highest BCUT2D eigenvalue weighted by molar-refractivity contribution is 5.82. The van der Waals surface area contributed by atoms with Gasteiger partial charge in [-0.1, -0.05) is 30.3 Å². The van der Waals surface area contributed by atoms with Gasteiger partial charge in [-0.3, -0.25) is 9.48 Å². The molecule has 1 unspecified atom stereocenters. The Hall–Kier alpha value is -2.14. The van der Waals surface area contributed by atoms with Gasteiger partial charge in [0.15, 0.2) is 0 Å². The number of aromatic nitrogens is 2. The standard InChI is InChI=1S/C21H28N4O/c1-15-18(16(2)25(24-15)14-17-6-4-3-5-7-17)13-23-20(26)19-12-21(19)8-10-22-11-9-21/h3-7,19,22H,8-14H2,1-2H3,(H,23,26). The summed E-state index contributed by atoms with van der Waals surface area (Å²) in [6.07, 6.45) is 3.34. The van der Waals surface area contributed by atoms with E-state index in [1.165, 1.54) is 5.56 Å². The fourth-order valence-corrected chi connectivity index (χ4v) is 4.39. The van der Waals surface area contributed by atoms with E-state index < -0.39 is 0 Å². The van der Waals surface area contributed by atoms with Gasteiger partial charge in [-0.05, 0) is 57.2 Å². The Morgan fingerprint density at radius 3 is 2.73 bits per heavy atom. The van der Waals surface area contributed by atoms with E-state index in [1.807, 2.05) is 17.7 Å². The van der Waals surface area contributed by atoms with Crippen molar-refractivity contribution in [1.82, 2.24) is 20.4 Å². The van der Waals surface area contributed by atoms with E-state index in [0.29, 0.717) is 6.54 Å². The molecule has 2 aliphatic rings. The Kier molecular flexibility index (Phi) is 4.57. The first kappa shape index (κ1) is 17.3. The van der Waals surface area contributed by atoms with Crippen LogP contribution in [0, 0.1) is 25.2 Å². The van der Waals surface area contributed by atoms with E-state index in [9.17, 15) is 4.79 Å². The minimum Gasteiger partial charge on any atom is -0.352 e. The molecule has 138 valence electrons. The van der Waals surface area contributed by atoms with Crippen LogP contribution in [0.15, 0.2) is 30.3 Å². The zero-order chi connectivity index (χ0) is 18.1. The zero-order valence-electron chi connectivity index (χ0n) is 15.7. The van der Waals surface area contributed by atoms with Gasteiger partial charge in [-0.15, -0.1) is 0 Å². The molecule has 26 heavy (non-hydrogen) atoms. The van der Waals surface area contributed by atoms with Crippen LogP contribution in [0.4, 0.5) is 0 Å². The average Bonchev–Trinajstić information content (AvgIpc) is 3.27. The van der Waals surface area contributed by atoms with Crippen molar-refractivity contribution >= 4 is 5.91 Å². The third-order valence-corrected chi connectivity index (χ3v) is 6.25. The number of carbonyl (C=O) groups excluding carboxylic acids is 1. The maximum Gasteiger partial charge on any atom is 0.223 e. The number of aryl methyl sites for hydroxylation is 1. The highest BCUT2D eigenvalue weighted by atomic mass is 16.2. The van der Waals surface area contributed by atoms with Crippen LogP contribution in [0.3, 0.4) is 0 Å². The first-order valence-electron chi connectivity index (χ1n) is 9.64. The van der Waals surface area contributed by atoms with Crippen molar-refractivity contribution in [3.05, 3.63) is 52.8 Å². The van der Waals surface area contributed by atoms with Gasteiger partial charge in [0.25, 0.3) is 0 Å². The van der Waals surface area contributed by atoms with Crippen LogP contribution in [-0.4, -0.2) is 28.8 Å². The lowest BCUT2D eigenvalue weighted by atomic mass is 9.92. The summed E-state index contributed by atoms with van der Waals surface area (Å²) in [6, 6.07) is 10.4. The van der Waals surface area contributed by atoms with Gasteiger partial charge in [0.05, 0.1) is 12.2 Å². The molecule has 1 aromatic carbocycles. The number of hydrogen-bond donors (Lipinski definition) is 2. The van der Waals surface area contributed by atoms with Crippen LogP contribution in [0.5, 0.6) is 0 Å². The van der Waals surface area contributed by atoms with Gasteiger partial charge in [0.1, 0.15) is 0 Å². The predicted molar refractivity (Wildman–Crippen MR) is 102 cm³/mol. The van der Waals surface area contributed by atoms with E-state index in [2.05, 4.69) is 46.9 Å².